The van der Waals surface area contributed by atoms with Crippen LogP contribution in [-0.2, 0) is 16.1 Å². The summed E-state index contributed by atoms with van der Waals surface area (Å²) in [6.45, 7) is 7.25. The monoisotopic (exact) mass is 422 g/mol. The van der Waals surface area contributed by atoms with Crippen LogP contribution in [0, 0.1) is 5.92 Å². The third kappa shape index (κ3) is 6.16. The summed E-state index contributed by atoms with van der Waals surface area (Å²) in [5, 5.41) is 3.43. The van der Waals surface area contributed by atoms with Gasteiger partial charge in [0.25, 0.3) is 0 Å². The van der Waals surface area contributed by atoms with Gasteiger partial charge in [-0.15, -0.1) is 12.4 Å². The van der Waals surface area contributed by atoms with Crippen molar-refractivity contribution in [2.45, 2.75) is 71.0 Å². The number of pyridine rings is 1. The van der Waals surface area contributed by atoms with Gasteiger partial charge in [-0.25, -0.2) is 0 Å². The summed E-state index contributed by atoms with van der Waals surface area (Å²) in [6, 6.07) is 6.26. The summed E-state index contributed by atoms with van der Waals surface area (Å²) >= 11 is 0. The van der Waals surface area contributed by atoms with E-state index in [2.05, 4.69) is 24.1 Å². The highest BCUT2D eigenvalue weighted by molar-refractivity contribution is 5.89. The molecule has 2 aliphatic heterocycles. The van der Waals surface area contributed by atoms with Crippen LogP contribution in [0.5, 0.6) is 0 Å². The lowest BCUT2D eigenvalue weighted by atomic mass is 10.0. The van der Waals surface area contributed by atoms with Crippen molar-refractivity contribution in [2.24, 2.45) is 5.92 Å². The van der Waals surface area contributed by atoms with E-state index in [9.17, 15) is 9.59 Å². The molecule has 162 valence electrons. The summed E-state index contributed by atoms with van der Waals surface area (Å²) in [5.41, 5.74) is 0.911. The smallest absolute Gasteiger partial charge is 0.228 e. The zero-order chi connectivity index (χ0) is 19.9. The number of aromatic nitrogens is 1. The topological polar surface area (TPSA) is 65.5 Å². The first kappa shape index (κ1) is 23.6. The molecule has 0 aliphatic carbocycles. The van der Waals surface area contributed by atoms with Crippen molar-refractivity contribution in [3.8, 4) is 0 Å². The molecule has 2 saturated heterocycles. The minimum Gasteiger partial charge on any atom is -0.339 e. The average Bonchev–Trinajstić information content (AvgIpc) is 2.91. The van der Waals surface area contributed by atoms with Crippen LogP contribution in [-0.4, -0.2) is 58.3 Å². The molecule has 3 rings (SSSR count). The number of amides is 2. The second-order valence-corrected chi connectivity index (χ2v) is 8.21. The van der Waals surface area contributed by atoms with Gasteiger partial charge in [-0.3, -0.25) is 14.6 Å². The molecule has 3 atom stereocenters. The van der Waals surface area contributed by atoms with Gasteiger partial charge in [0.2, 0.25) is 11.8 Å². The third-order valence-corrected chi connectivity index (χ3v) is 6.07. The van der Waals surface area contributed by atoms with Crippen LogP contribution < -0.4 is 5.32 Å². The summed E-state index contributed by atoms with van der Waals surface area (Å²) < 4.78 is 0. The molecule has 6 nitrogen and oxygen atoms in total. The molecule has 7 heteroatoms. The first-order valence-corrected chi connectivity index (χ1v) is 10.8. The number of nitrogens with one attached hydrogen (secondary N) is 1. The first-order valence-electron chi connectivity index (χ1n) is 10.8. The van der Waals surface area contributed by atoms with E-state index in [1.54, 1.807) is 6.20 Å². The summed E-state index contributed by atoms with van der Waals surface area (Å²) in [6.07, 6.45) is 7.18. The van der Waals surface area contributed by atoms with Crippen molar-refractivity contribution in [3.63, 3.8) is 0 Å². The molecule has 29 heavy (non-hydrogen) atoms. The maximum absolute atomic E-state index is 13.5. The van der Waals surface area contributed by atoms with Crippen LogP contribution in [0.15, 0.2) is 24.4 Å². The van der Waals surface area contributed by atoms with Gasteiger partial charge < -0.3 is 15.1 Å². The lowest BCUT2D eigenvalue weighted by molar-refractivity contribution is -0.139. The van der Waals surface area contributed by atoms with E-state index in [4.69, 9.17) is 0 Å². The fourth-order valence-corrected chi connectivity index (χ4v) is 4.50. The summed E-state index contributed by atoms with van der Waals surface area (Å²) in [4.78, 5) is 34.5. The largest absolute Gasteiger partial charge is 0.339 e. The Bertz CT molecular complexity index is 649. The standard InChI is InChI=1S/C22H34N4O2.ClH/c1-3-7-17(2)25-15-18(14-21(25)27)22(28)26(16-19-8-4-5-12-24-19)20-9-6-11-23-13-10-20;/h4-5,8,12,17-18,20,23H,3,6-7,9-11,13-16H2,1-2H3;1H. The SMILES string of the molecule is CCCC(C)N1CC(C(=O)N(Cc2ccccn2)C2CCCNCC2)CC1=O.Cl. The van der Waals surface area contributed by atoms with E-state index in [0.29, 0.717) is 19.5 Å². The highest BCUT2D eigenvalue weighted by atomic mass is 35.5. The molecule has 2 aliphatic rings. The maximum Gasteiger partial charge on any atom is 0.228 e. The Morgan fingerprint density at radius 1 is 1.34 bits per heavy atom. The van der Waals surface area contributed by atoms with Crippen molar-refractivity contribution in [1.29, 1.82) is 0 Å². The van der Waals surface area contributed by atoms with Gasteiger partial charge in [-0.2, -0.15) is 0 Å². The molecular formula is C22H35ClN4O2. The molecule has 0 bridgehead atoms. The minimum atomic E-state index is -0.230. The van der Waals surface area contributed by atoms with Gasteiger partial charge in [0.05, 0.1) is 18.2 Å². The Hall–Kier alpha value is -1.66. The van der Waals surface area contributed by atoms with Crippen LogP contribution >= 0.6 is 12.4 Å². The van der Waals surface area contributed by atoms with Crippen molar-refractivity contribution < 1.29 is 9.59 Å². The summed E-state index contributed by atoms with van der Waals surface area (Å²) in [7, 11) is 0. The Balaban J connectivity index is 0.00000300. The van der Waals surface area contributed by atoms with Gasteiger partial charge in [-0.05, 0) is 57.8 Å². The Labute approximate surface area is 180 Å². The molecule has 2 amide bonds. The zero-order valence-electron chi connectivity index (χ0n) is 17.7. The maximum atomic E-state index is 13.5. The number of halogens is 1. The molecule has 1 aromatic heterocycles. The third-order valence-electron chi connectivity index (χ3n) is 6.07. The zero-order valence-corrected chi connectivity index (χ0v) is 18.5. The van der Waals surface area contributed by atoms with Crippen LogP contribution in [0.1, 0.15) is 58.1 Å². The predicted molar refractivity (Wildman–Crippen MR) is 117 cm³/mol. The summed E-state index contributed by atoms with van der Waals surface area (Å²) in [5.74, 6) is 0.0171. The van der Waals surface area contributed by atoms with Crippen molar-refractivity contribution in [1.82, 2.24) is 20.1 Å². The highest BCUT2D eigenvalue weighted by Gasteiger charge is 2.39. The number of carbonyl (C=O) groups is 2. The first-order chi connectivity index (χ1) is 13.6. The van der Waals surface area contributed by atoms with E-state index < -0.39 is 0 Å². The van der Waals surface area contributed by atoms with Crippen molar-refractivity contribution in [3.05, 3.63) is 30.1 Å². The number of rotatable bonds is 7. The minimum absolute atomic E-state index is 0. The van der Waals surface area contributed by atoms with Crippen molar-refractivity contribution in [2.75, 3.05) is 19.6 Å². The predicted octanol–water partition coefficient (Wildman–Crippen LogP) is 3.01. The van der Waals surface area contributed by atoms with Crippen LogP contribution in [0.3, 0.4) is 0 Å². The second kappa shape index (κ2) is 11.5. The number of hydrogen-bond donors (Lipinski definition) is 1. The lowest BCUT2D eigenvalue weighted by Crippen LogP contribution is -2.44. The molecule has 1 aromatic rings. The van der Waals surface area contributed by atoms with E-state index in [0.717, 1.165) is 50.9 Å². The van der Waals surface area contributed by atoms with Gasteiger partial charge in [-0.1, -0.05) is 19.4 Å². The fraction of sp³-hybridized carbons (Fsp3) is 0.682. The van der Waals surface area contributed by atoms with E-state index >= 15 is 0 Å². The fourth-order valence-electron chi connectivity index (χ4n) is 4.50. The molecule has 0 aromatic carbocycles. The molecule has 0 radical (unpaired) electrons. The van der Waals surface area contributed by atoms with E-state index in [1.165, 1.54) is 0 Å². The Morgan fingerprint density at radius 2 is 2.17 bits per heavy atom. The quantitative estimate of drug-likeness (QED) is 0.733. The van der Waals surface area contributed by atoms with Gasteiger partial charge in [0, 0.05) is 31.2 Å². The van der Waals surface area contributed by atoms with E-state index in [-0.39, 0.29) is 42.2 Å². The molecule has 3 heterocycles. The Kier molecular flexibility index (Phi) is 9.37. The number of carbonyl (C=O) groups excluding carboxylic acids is 2. The van der Waals surface area contributed by atoms with Gasteiger partial charge >= 0.3 is 0 Å². The number of hydrogen-bond acceptors (Lipinski definition) is 4. The van der Waals surface area contributed by atoms with Gasteiger partial charge in [0.15, 0.2) is 0 Å². The number of likely N-dealkylation sites (tertiary alicyclic amines) is 1. The van der Waals surface area contributed by atoms with Crippen LogP contribution in [0.2, 0.25) is 0 Å². The van der Waals surface area contributed by atoms with Gasteiger partial charge in [0.1, 0.15) is 0 Å². The van der Waals surface area contributed by atoms with Crippen LogP contribution in [0.4, 0.5) is 0 Å². The highest BCUT2D eigenvalue weighted by Crippen LogP contribution is 2.27. The second-order valence-electron chi connectivity index (χ2n) is 8.21. The normalized spacial score (nSPS) is 23.2. The van der Waals surface area contributed by atoms with Crippen LogP contribution in [0.25, 0.3) is 0 Å². The average molecular weight is 423 g/mol. The van der Waals surface area contributed by atoms with E-state index in [1.807, 2.05) is 28.0 Å². The molecule has 3 unspecified atom stereocenters. The molecule has 2 fully saturated rings. The Morgan fingerprint density at radius 3 is 2.90 bits per heavy atom. The lowest BCUT2D eigenvalue weighted by Gasteiger charge is -2.33. The molecule has 1 N–H and O–H groups in total. The molecule has 0 saturated carbocycles. The molecular weight excluding hydrogens is 388 g/mol. The van der Waals surface area contributed by atoms with Crippen molar-refractivity contribution >= 4 is 24.2 Å². The molecule has 0 spiro atoms. The number of nitrogens with zero attached hydrogens (tertiary/aromatic N) is 3.